The number of hydrogen-bond donors (Lipinski definition) is 0. The molecule has 0 aromatic carbocycles. The Morgan fingerprint density at radius 3 is 2.22 bits per heavy atom. The zero-order valence-corrected chi connectivity index (χ0v) is 7.74. The molecule has 0 aromatic heterocycles. The smallest absolute Gasteiger partial charge is 1.00 e. The van der Waals surface area contributed by atoms with E-state index < -0.39 is 8.32 Å². The van der Waals surface area contributed by atoms with Gasteiger partial charge < -0.3 is 5.85 Å². The fourth-order valence-corrected chi connectivity index (χ4v) is 3.02. The largest absolute Gasteiger partial charge is 1.00 e. The van der Waals surface area contributed by atoms with Gasteiger partial charge in [0.25, 0.3) is 0 Å². The SMILES string of the molecule is C[Si]1(C)CCCCO1.[H-].[Li+]. The summed E-state index contributed by atoms with van der Waals surface area (Å²) in [5.74, 6) is 0. The Bertz CT molecular complexity index is 81.8. The molecule has 0 aliphatic carbocycles. The van der Waals surface area contributed by atoms with Crippen LogP contribution in [0.2, 0.25) is 19.1 Å². The molecule has 1 rings (SSSR count). The monoisotopic (exact) mass is 138 g/mol. The second kappa shape index (κ2) is 3.83. The summed E-state index contributed by atoms with van der Waals surface area (Å²) in [6.45, 7) is 5.62. The summed E-state index contributed by atoms with van der Waals surface area (Å²) >= 11 is 0. The van der Waals surface area contributed by atoms with Crippen LogP contribution in [0.1, 0.15) is 14.3 Å². The summed E-state index contributed by atoms with van der Waals surface area (Å²) in [5, 5.41) is 0. The number of rotatable bonds is 0. The van der Waals surface area contributed by atoms with Gasteiger partial charge in [-0.05, 0) is 25.6 Å². The van der Waals surface area contributed by atoms with Crippen LogP contribution in [0.25, 0.3) is 0 Å². The molecule has 0 saturated carbocycles. The average molecular weight is 138 g/mol. The van der Waals surface area contributed by atoms with Gasteiger partial charge in [0.15, 0.2) is 8.32 Å². The Kier molecular flexibility index (Phi) is 4.15. The van der Waals surface area contributed by atoms with E-state index in [0.717, 1.165) is 6.61 Å². The first-order valence-electron chi connectivity index (χ1n) is 3.35. The fraction of sp³-hybridized carbons (Fsp3) is 1.00. The van der Waals surface area contributed by atoms with Crippen LogP contribution in [0.3, 0.4) is 0 Å². The van der Waals surface area contributed by atoms with Crippen molar-refractivity contribution < 1.29 is 24.7 Å². The molecule has 0 spiro atoms. The van der Waals surface area contributed by atoms with E-state index in [1.807, 2.05) is 0 Å². The fourth-order valence-electron chi connectivity index (χ4n) is 1.07. The average Bonchev–Trinajstić information content (AvgIpc) is 1.65. The van der Waals surface area contributed by atoms with Gasteiger partial charge in [0.1, 0.15) is 0 Å². The van der Waals surface area contributed by atoms with Crippen LogP contribution in [-0.4, -0.2) is 14.9 Å². The minimum atomic E-state index is -1.09. The second-order valence-electron chi connectivity index (χ2n) is 3.07. The van der Waals surface area contributed by atoms with Crippen molar-refractivity contribution in [3.63, 3.8) is 0 Å². The third kappa shape index (κ3) is 3.47. The van der Waals surface area contributed by atoms with Crippen molar-refractivity contribution in [1.29, 1.82) is 0 Å². The van der Waals surface area contributed by atoms with Crippen molar-refractivity contribution in [3.8, 4) is 0 Å². The quantitative estimate of drug-likeness (QED) is 0.395. The van der Waals surface area contributed by atoms with Crippen LogP contribution in [-0.2, 0) is 4.43 Å². The van der Waals surface area contributed by atoms with E-state index >= 15 is 0 Å². The predicted octanol–water partition coefficient (Wildman–Crippen LogP) is -0.882. The summed E-state index contributed by atoms with van der Waals surface area (Å²) in [5.41, 5.74) is 0. The van der Waals surface area contributed by atoms with Gasteiger partial charge in [-0.15, -0.1) is 0 Å². The molecule has 0 aromatic rings. The molecule has 0 atom stereocenters. The summed E-state index contributed by atoms with van der Waals surface area (Å²) in [6.07, 6.45) is 2.69. The van der Waals surface area contributed by atoms with Crippen molar-refractivity contribution in [2.45, 2.75) is 32.0 Å². The molecular formula is C6H15LiOSi. The molecule has 0 amide bonds. The van der Waals surface area contributed by atoms with Crippen LogP contribution in [0, 0.1) is 0 Å². The molecular weight excluding hydrogens is 123 g/mol. The van der Waals surface area contributed by atoms with Gasteiger partial charge in [-0.3, -0.25) is 0 Å². The van der Waals surface area contributed by atoms with E-state index in [2.05, 4.69) is 13.1 Å². The van der Waals surface area contributed by atoms with Gasteiger partial charge in [0.2, 0.25) is 0 Å². The van der Waals surface area contributed by atoms with Crippen LogP contribution >= 0.6 is 0 Å². The first kappa shape index (κ1) is 9.77. The molecule has 1 aliphatic heterocycles. The summed E-state index contributed by atoms with van der Waals surface area (Å²) in [4.78, 5) is 0. The molecule has 3 heteroatoms. The van der Waals surface area contributed by atoms with E-state index in [1.165, 1.54) is 18.9 Å². The molecule has 1 heterocycles. The van der Waals surface area contributed by atoms with Gasteiger partial charge in [0.05, 0.1) is 0 Å². The third-order valence-electron chi connectivity index (χ3n) is 1.67. The van der Waals surface area contributed by atoms with E-state index in [-0.39, 0.29) is 20.3 Å². The maximum absolute atomic E-state index is 5.60. The molecule has 1 aliphatic rings. The van der Waals surface area contributed by atoms with Gasteiger partial charge in [-0.1, -0.05) is 6.42 Å². The van der Waals surface area contributed by atoms with Gasteiger partial charge in [-0.2, -0.15) is 0 Å². The normalized spacial score (nSPS) is 24.7. The Morgan fingerprint density at radius 1 is 1.33 bits per heavy atom. The van der Waals surface area contributed by atoms with Crippen LogP contribution < -0.4 is 18.9 Å². The Labute approximate surface area is 72.0 Å². The van der Waals surface area contributed by atoms with E-state index in [4.69, 9.17) is 4.43 Å². The molecule has 0 bridgehead atoms. The third-order valence-corrected chi connectivity index (χ3v) is 4.21. The Hall–Kier alpha value is 0.774. The maximum Gasteiger partial charge on any atom is 1.00 e. The van der Waals surface area contributed by atoms with E-state index in [1.54, 1.807) is 0 Å². The summed E-state index contributed by atoms with van der Waals surface area (Å²) in [7, 11) is -1.09. The van der Waals surface area contributed by atoms with Crippen LogP contribution in [0.4, 0.5) is 0 Å². The second-order valence-corrected chi connectivity index (χ2v) is 7.37. The van der Waals surface area contributed by atoms with Gasteiger partial charge in [0, 0.05) is 6.61 Å². The zero-order valence-electron chi connectivity index (χ0n) is 7.74. The van der Waals surface area contributed by atoms with Crippen LogP contribution in [0.15, 0.2) is 0 Å². The van der Waals surface area contributed by atoms with Gasteiger partial charge in [-0.25, -0.2) is 0 Å². The molecule has 0 radical (unpaired) electrons. The maximum atomic E-state index is 5.60. The van der Waals surface area contributed by atoms with Crippen molar-refractivity contribution in [2.24, 2.45) is 0 Å². The molecule has 1 nitrogen and oxygen atoms in total. The first-order chi connectivity index (χ1) is 3.71. The van der Waals surface area contributed by atoms with E-state index in [0.29, 0.717) is 0 Å². The molecule has 1 saturated heterocycles. The number of hydrogen-bond acceptors (Lipinski definition) is 1. The van der Waals surface area contributed by atoms with E-state index in [9.17, 15) is 0 Å². The predicted molar refractivity (Wildman–Crippen MR) is 38.6 cm³/mol. The zero-order chi connectivity index (χ0) is 6.04. The molecule has 0 N–H and O–H groups in total. The first-order valence-corrected chi connectivity index (χ1v) is 6.46. The van der Waals surface area contributed by atoms with Crippen molar-refractivity contribution in [1.82, 2.24) is 0 Å². The summed E-state index contributed by atoms with van der Waals surface area (Å²) in [6, 6.07) is 1.37. The molecule has 50 valence electrons. The van der Waals surface area contributed by atoms with Gasteiger partial charge >= 0.3 is 18.9 Å². The topological polar surface area (TPSA) is 9.23 Å². The Morgan fingerprint density at radius 2 is 2.00 bits per heavy atom. The molecule has 1 fully saturated rings. The Balaban J connectivity index is 0. The van der Waals surface area contributed by atoms with Crippen molar-refractivity contribution >= 4 is 8.32 Å². The van der Waals surface area contributed by atoms with Crippen molar-refractivity contribution in [3.05, 3.63) is 0 Å². The molecule has 0 unspecified atom stereocenters. The minimum Gasteiger partial charge on any atom is -1.00 e. The van der Waals surface area contributed by atoms with Crippen molar-refractivity contribution in [2.75, 3.05) is 6.61 Å². The standard InChI is InChI=1S/C6H14OSi.Li.H/c1-8(2)6-4-3-5-7-8;;/h3-6H2,1-2H3;;/q;+1;-1. The minimum absolute atomic E-state index is 0. The summed E-state index contributed by atoms with van der Waals surface area (Å²) < 4.78 is 5.60. The molecule has 9 heavy (non-hydrogen) atoms. The van der Waals surface area contributed by atoms with Crippen LogP contribution in [0.5, 0.6) is 0 Å².